The van der Waals surface area contributed by atoms with Gasteiger partial charge in [-0.3, -0.25) is 0 Å². The number of hydrogen-bond donors (Lipinski definition) is 1. The molecule has 5 heteroatoms. The minimum absolute atomic E-state index is 0.554. The minimum atomic E-state index is 0.554. The van der Waals surface area contributed by atoms with Gasteiger partial charge in [-0.1, -0.05) is 37.9 Å². The van der Waals surface area contributed by atoms with Crippen molar-refractivity contribution in [2.75, 3.05) is 24.2 Å². The fourth-order valence-corrected chi connectivity index (χ4v) is 3.23. The van der Waals surface area contributed by atoms with Crippen LogP contribution in [0, 0.1) is 0 Å². The van der Waals surface area contributed by atoms with Gasteiger partial charge < -0.3 is 10.2 Å². The molecule has 0 aliphatic carbocycles. The molecule has 2 heterocycles. The summed E-state index contributed by atoms with van der Waals surface area (Å²) in [5.74, 6) is 1.14. The van der Waals surface area contributed by atoms with Gasteiger partial charge in [-0.2, -0.15) is 0 Å². The highest BCUT2D eigenvalue weighted by atomic mass is 32.2. The van der Waals surface area contributed by atoms with Gasteiger partial charge in [0.15, 0.2) is 5.16 Å². The first kappa shape index (κ1) is 17.5. The van der Waals surface area contributed by atoms with Crippen LogP contribution in [0.1, 0.15) is 57.9 Å². The smallest absolute Gasteiger partial charge is 0.189 e. The number of aromatic nitrogens is 2. The third-order valence-corrected chi connectivity index (χ3v) is 4.85. The average molecular weight is 323 g/mol. The molecular weight excluding hydrogens is 292 g/mol. The molecule has 1 N–H and O–H groups in total. The molecule has 1 aliphatic heterocycles. The Bertz CT molecular complexity index is 446. The summed E-state index contributed by atoms with van der Waals surface area (Å²) in [6, 6.07) is 0.554. The summed E-state index contributed by atoms with van der Waals surface area (Å²) in [5, 5.41) is 4.52. The van der Waals surface area contributed by atoms with E-state index in [9.17, 15) is 0 Å². The largest absolute Gasteiger partial charge is 0.356 e. The van der Waals surface area contributed by atoms with Crippen molar-refractivity contribution >= 4 is 17.6 Å². The van der Waals surface area contributed by atoms with E-state index in [1.54, 1.807) is 11.8 Å². The van der Waals surface area contributed by atoms with E-state index in [0.29, 0.717) is 6.04 Å². The molecule has 4 nitrogen and oxygen atoms in total. The summed E-state index contributed by atoms with van der Waals surface area (Å²) in [6.45, 7) is 7.66. The predicted molar refractivity (Wildman–Crippen MR) is 95.7 cm³/mol. The van der Waals surface area contributed by atoms with Crippen molar-refractivity contribution in [3.8, 4) is 0 Å². The van der Waals surface area contributed by atoms with Crippen LogP contribution in [0.2, 0.25) is 0 Å². The standard InChI is InChI=1S/C17H30N4S/c1-4-5-6-9-14(2)18-12-15-13-19-17(22-3)20-16(15)21-10-7-8-11-21/h13-14,18H,4-12H2,1-3H3. The predicted octanol–water partition coefficient (Wildman–Crippen LogP) is 3.86. The van der Waals surface area contributed by atoms with Crippen molar-refractivity contribution in [2.24, 2.45) is 0 Å². The van der Waals surface area contributed by atoms with Crippen LogP contribution < -0.4 is 10.2 Å². The van der Waals surface area contributed by atoms with E-state index < -0.39 is 0 Å². The number of rotatable bonds is 9. The molecule has 1 fully saturated rings. The highest BCUT2D eigenvalue weighted by Gasteiger charge is 2.18. The normalized spacial score (nSPS) is 16.2. The molecule has 0 saturated carbocycles. The van der Waals surface area contributed by atoms with E-state index in [4.69, 9.17) is 4.98 Å². The first-order valence-corrected chi connectivity index (χ1v) is 9.85. The van der Waals surface area contributed by atoms with Crippen LogP contribution in [0.4, 0.5) is 5.82 Å². The maximum Gasteiger partial charge on any atom is 0.189 e. The van der Waals surface area contributed by atoms with Crippen LogP contribution in [0.5, 0.6) is 0 Å². The molecule has 0 amide bonds. The second-order valence-electron chi connectivity index (χ2n) is 6.18. The summed E-state index contributed by atoms with van der Waals surface area (Å²) >= 11 is 1.62. The summed E-state index contributed by atoms with van der Waals surface area (Å²) in [6.07, 6.45) is 11.8. The van der Waals surface area contributed by atoms with Gasteiger partial charge >= 0.3 is 0 Å². The Morgan fingerprint density at radius 2 is 2.09 bits per heavy atom. The summed E-state index contributed by atoms with van der Waals surface area (Å²) < 4.78 is 0. The zero-order valence-electron chi connectivity index (χ0n) is 14.3. The van der Waals surface area contributed by atoms with Crippen molar-refractivity contribution in [3.63, 3.8) is 0 Å². The van der Waals surface area contributed by atoms with Gasteiger partial charge in [-0.05, 0) is 32.4 Å². The zero-order valence-corrected chi connectivity index (χ0v) is 15.1. The van der Waals surface area contributed by atoms with Crippen LogP contribution in [0.3, 0.4) is 0 Å². The van der Waals surface area contributed by atoms with Gasteiger partial charge in [0.1, 0.15) is 5.82 Å². The second kappa shape index (κ2) is 9.36. The van der Waals surface area contributed by atoms with Gasteiger partial charge in [-0.25, -0.2) is 9.97 Å². The van der Waals surface area contributed by atoms with E-state index in [1.807, 2.05) is 12.5 Å². The molecule has 124 valence electrons. The summed E-state index contributed by atoms with van der Waals surface area (Å²) in [5.41, 5.74) is 1.24. The molecule has 2 rings (SSSR count). The van der Waals surface area contributed by atoms with Gasteiger partial charge in [0.05, 0.1) is 0 Å². The molecule has 1 aromatic rings. The molecule has 0 radical (unpaired) electrons. The van der Waals surface area contributed by atoms with Crippen LogP contribution in [0.25, 0.3) is 0 Å². The average Bonchev–Trinajstić information content (AvgIpc) is 3.07. The summed E-state index contributed by atoms with van der Waals surface area (Å²) in [4.78, 5) is 11.6. The Hall–Kier alpha value is -0.810. The molecule has 0 aromatic carbocycles. The van der Waals surface area contributed by atoms with Gasteiger partial charge in [-0.15, -0.1) is 0 Å². The van der Waals surface area contributed by atoms with Gasteiger partial charge in [0.25, 0.3) is 0 Å². The van der Waals surface area contributed by atoms with Crippen molar-refractivity contribution in [2.45, 2.75) is 70.1 Å². The first-order valence-electron chi connectivity index (χ1n) is 8.62. The van der Waals surface area contributed by atoms with Crippen LogP contribution in [-0.4, -0.2) is 35.4 Å². The number of unbranched alkanes of at least 4 members (excludes halogenated alkanes) is 2. The number of nitrogens with zero attached hydrogens (tertiary/aromatic N) is 3. The molecule has 1 atom stereocenters. The molecule has 0 bridgehead atoms. The summed E-state index contributed by atoms with van der Waals surface area (Å²) in [7, 11) is 0. The number of nitrogens with one attached hydrogen (secondary N) is 1. The monoisotopic (exact) mass is 322 g/mol. The fraction of sp³-hybridized carbons (Fsp3) is 0.765. The van der Waals surface area contributed by atoms with E-state index >= 15 is 0 Å². The van der Waals surface area contributed by atoms with Gasteiger partial charge in [0, 0.05) is 37.4 Å². The van der Waals surface area contributed by atoms with Crippen molar-refractivity contribution < 1.29 is 0 Å². The number of anilines is 1. The molecule has 1 aromatic heterocycles. The van der Waals surface area contributed by atoms with Gasteiger partial charge in [0.2, 0.25) is 0 Å². The Balaban J connectivity index is 1.96. The quantitative estimate of drug-likeness (QED) is 0.425. The Kier molecular flexibility index (Phi) is 7.46. The lowest BCUT2D eigenvalue weighted by atomic mass is 10.1. The van der Waals surface area contributed by atoms with E-state index in [-0.39, 0.29) is 0 Å². The minimum Gasteiger partial charge on any atom is -0.356 e. The Labute approximate surface area is 139 Å². The third kappa shape index (κ3) is 5.13. The topological polar surface area (TPSA) is 41.1 Å². The fourth-order valence-electron chi connectivity index (χ4n) is 2.89. The highest BCUT2D eigenvalue weighted by molar-refractivity contribution is 7.98. The third-order valence-electron chi connectivity index (χ3n) is 4.29. The molecular formula is C17H30N4S. The zero-order chi connectivity index (χ0) is 15.8. The lowest BCUT2D eigenvalue weighted by Gasteiger charge is -2.21. The lowest BCUT2D eigenvalue weighted by Crippen LogP contribution is -2.28. The lowest BCUT2D eigenvalue weighted by molar-refractivity contribution is 0.486. The molecule has 0 spiro atoms. The molecule has 1 unspecified atom stereocenters. The van der Waals surface area contributed by atoms with Crippen molar-refractivity contribution in [3.05, 3.63) is 11.8 Å². The van der Waals surface area contributed by atoms with Crippen molar-refractivity contribution in [1.29, 1.82) is 0 Å². The SMILES string of the molecule is CCCCCC(C)NCc1cnc(SC)nc1N1CCCC1. The maximum absolute atomic E-state index is 4.76. The van der Waals surface area contributed by atoms with E-state index in [1.165, 1.54) is 44.1 Å². The van der Waals surface area contributed by atoms with Crippen LogP contribution >= 0.6 is 11.8 Å². The number of thioether (sulfide) groups is 1. The highest BCUT2D eigenvalue weighted by Crippen LogP contribution is 2.24. The second-order valence-corrected chi connectivity index (χ2v) is 6.95. The van der Waals surface area contributed by atoms with Crippen LogP contribution in [-0.2, 0) is 6.54 Å². The molecule has 1 aliphatic rings. The van der Waals surface area contributed by atoms with Crippen molar-refractivity contribution in [1.82, 2.24) is 15.3 Å². The molecule has 1 saturated heterocycles. The first-order chi connectivity index (χ1) is 10.7. The number of hydrogen-bond acceptors (Lipinski definition) is 5. The van der Waals surface area contributed by atoms with Crippen LogP contribution in [0.15, 0.2) is 11.4 Å². The van der Waals surface area contributed by atoms with E-state index in [0.717, 1.165) is 30.6 Å². The Morgan fingerprint density at radius 1 is 1.32 bits per heavy atom. The van der Waals surface area contributed by atoms with E-state index in [2.05, 4.69) is 29.0 Å². The Morgan fingerprint density at radius 3 is 2.77 bits per heavy atom. The molecule has 22 heavy (non-hydrogen) atoms. The maximum atomic E-state index is 4.76.